The zero-order valence-corrected chi connectivity index (χ0v) is 14.9. The Kier molecular flexibility index (Phi) is 4.76. The van der Waals surface area contributed by atoms with Gasteiger partial charge in [-0.2, -0.15) is 0 Å². The summed E-state index contributed by atoms with van der Waals surface area (Å²) in [6, 6.07) is 0. The summed E-state index contributed by atoms with van der Waals surface area (Å²) in [5.74, 6) is -1.40. The van der Waals surface area contributed by atoms with Gasteiger partial charge in [0.05, 0.1) is 6.33 Å². The van der Waals surface area contributed by atoms with Crippen molar-refractivity contribution in [3.63, 3.8) is 0 Å². The molecular weight excluding hydrogens is 358 g/mol. The van der Waals surface area contributed by atoms with Crippen LogP contribution in [0.5, 0.6) is 0 Å². The van der Waals surface area contributed by atoms with Crippen LogP contribution in [0.25, 0.3) is 11.2 Å². The van der Waals surface area contributed by atoms with Crippen molar-refractivity contribution in [3.05, 3.63) is 12.7 Å². The fraction of sp³-hybridized carbons (Fsp3) is 0.500. The van der Waals surface area contributed by atoms with Gasteiger partial charge in [-0.25, -0.2) is 15.0 Å². The molecule has 11 nitrogen and oxygen atoms in total. The highest BCUT2D eigenvalue weighted by molar-refractivity contribution is 5.95. The Bertz CT molecular complexity index is 927. The number of rotatable bonds is 5. The number of nitrogens with one attached hydrogen (secondary N) is 1. The topological polar surface area (TPSA) is 157 Å². The first-order valence-corrected chi connectivity index (χ1v) is 8.17. The summed E-state index contributed by atoms with van der Waals surface area (Å²) in [6.07, 6.45) is -1.63. The molecule has 0 aromatic carbocycles. The summed E-state index contributed by atoms with van der Waals surface area (Å²) in [5.41, 5.74) is -1.46. The van der Waals surface area contributed by atoms with Crippen molar-refractivity contribution in [1.29, 1.82) is 0 Å². The van der Waals surface area contributed by atoms with Crippen LogP contribution in [0.4, 0.5) is 5.82 Å². The Balaban J connectivity index is 2.01. The number of hydrogen-bond acceptors (Lipinski definition) is 9. The molecule has 3 heterocycles. The van der Waals surface area contributed by atoms with E-state index in [1.54, 1.807) is 0 Å². The van der Waals surface area contributed by atoms with Gasteiger partial charge < -0.3 is 20.3 Å². The molecule has 1 fully saturated rings. The monoisotopic (exact) mass is 377 g/mol. The molecule has 2 aromatic heterocycles. The summed E-state index contributed by atoms with van der Waals surface area (Å²) in [5, 5.41) is 23.4. The third-order valence-electron chi connectivity index (χ3n) is 4.54. The lowest BCUT2D eigenvalue weighted by Crippen LogP contribution is -2.52. The maximum absolute atomic E-state index is 12.0. The summed E-state index contributed by atoms with van der Waals surface area (Å²) >= 11 is 0. The van der Waals surface area contributed by atoms with Crippen molar-refractivity contribution in [3.8, 4) is 0 Å². The second kappa shape index (κ2) is 6.76. The van der Waals surface area contributed by atoms with Crippen LogP contribution in [-0.4, -0.2) is 65.0 Å². The third-order valence-corrected chi connectivity index (χ3v) is 4.54. The SMILES string of the molecule is CC(=O)Nc1ncnc2c1ncn2[C@H]1C[C@@](O)(C(C)=O)[C@@H](C(O)C(C)=O)O1. The van der Waals surface area contributed by atoms with Crippen molar-refractivity contribution >= 4 is 34.5 Å². The molecule has 1 saturated heterocycles. The zero-order valence-electron chi connectivity index (χ0n) is 14.9. The van der Waals surface area contributed by atoms with Crippen LogP contribution < -0.4 is 5.32 Å². The van der Waals surface area contributed by atoms with Gasteiger partial charge in [0.15, 0.2) is 34.1 Å². The van der Waals surface area contributed by atoms with Crippen molar-refractivity contribution in [1.82, 2.24) is 19.5 Å². The second-order valence-corrected chi connectivity index (χ2v) is 6.48. The zero-order chi connectivity index (χ0) is 19.9. The van der Waals surface area contributed by atoms with Gasteiger partial charge in [0.25, 0.3) is 0 Å². The molecule has 0 radical (unpaired) electrons. The van der Waals surface area contributed by atoms with E-state index in [0.29, 0.717) is 11.2 Å². The number of carbonyl (C=O) groups is 3. The molecule has 1 aliphatic rings. The molecule has 3 rings (SSSR count). The number of imidazole rings is 1. The number of aromatic nitrogens is 4. The van der Waals surface area contributed by atoms with Crippen molar-refractivity contribution in [2.75, 3.05) is 5.32 Å². The van der Waals surface area contributed by atoms with E-state index in [1.807, 2.05) is 0 Å². The van der Waals surface area contributed by atoms with E-state index in [1.165, 1.54) is 24.1 Å². The first-order chi connectivity index (χ1) is 12.6. The van der Waals surface area contributed by atoms with Crippen LogP contribution in [0.15, 0.2) is 12.7 Å². The average Bonchev–Trinajstić information content (AvgIpc) is 3.16. The van der Waals surface area contributed by atoms with Crippen LogP contribution >= 0.6 is 0 Å². The maximum Gasteiger partial charge on any atom is 0.222 e. The molecular formula is C16H19N5O6. The average molecular weight is 377 g/mol. The van der Waals surface area contributed by atoms with E-state index in [-0.39, 0.29) is 18.1 Å². The molecule has 11 heteroatoms. The summed E-state index contributed by atoms with van der Waals surface area (Å²) in [6.45, 7) is 3.63. The lowest BCUT2D eigenvalue weighted by atomic mass is 9.86. The number of fused-ring (bicyclic) bond motifs is 1. The quantitative estimate of drug-likeness (QED) is 0.615. The van der Waals surface area contributed by atoms with Crippen LogP contribution in [0.2, 0.25) is 0 Å². The van der Waals surface area contributed by atoms with E-state index in [0.717, 1.165) is 13.8 Å². The highest BCUT2D eigenvalue weighted by atomic mass is 16.6. The van der Waals surface area contributed by atoms with E-state index < -0.39 is 35.6 Å². The number of ketones is 2. The lowest BCUT2D eigenvalue weighted by Gasteiger charge is -2.27. The lowest BCUT2D eigenvalue weighted by molar-refractivity contribution is -0.158. The minimum atomic E-state index is -2.04. The molecule has 27 heavy (non-hydrogen) atoms. The standard InChI is InChI=1S/C16H19N5O6/c1-7(22)12(25)13-16(26,8(2)23)4-10(27-13)21-6-19-11-14(20-9(3)24)17-5-18-15(11)21/h5-6,10,12-13,25-26H,4H2,1-3H3,(H,17,18,20,24)/t10-,12?,13-,16-/m1/s1. The molecule has 1 unspecified atom stereocenters. The Morgan fingerprint density at radius 3 is 2.59 bits per heavy atom. The first-order valence-electron chi connectivity index (χ1n) is 8.17. The van der Waals surface area contributed by atoms with Gasteiger partial charge in [-0.3, -0.25) is 19.0 Å². The predicted molar refractivity (Wildman–Crippen MR) is 90.5 cm³/mol. The minimum absolute atomic E-state index is 0.200. The Morgan fingerprint density at radius 1 is 1.30 bits per heavy atom. The predicted octanol–water partition coefficient (Wildman–Crippen LogP) is -0.658. The smallest absolute Gasteiger partial charge is 0.222 e. The molecule has 3 N–H and O–H groups in total. The van der Waals surface area contributed by atoms with Crippen LogP contribution in [0.3, 0.4) is 0 Å². The largest absolute Gasteiger partial charge is 0.382 e. The molecule has 0 aliphatic carbocycles. The number of carbonyl (C=O) groups excluding carboxylic acids is 3. The van der Waals surface area contributed by atoms with Crippen molar-refractivity contribution < 1.29 is 29.3 Å². The molecule has 1 amide bonds. The number of anilines is 1. The molecule has 4 atom stereocenters. The number of nitrogens with zero attached hydrogens (tertiary/aromatic N) is 4. The van der Waals surface area contributed by atoms with E-state index in [9.17, 15) is 24.6 Å². The maximum atomic E-state index is 12.0. The fourth-order valence-corrected chi connectivity index (χ4v) is 3.09. The number of aliphatic hydroxyl groups is 2. The minimum Gasteiger partial charge on any atom is -0.382 e. The third kappa shape index (κ3) is 3.20. The van der Waals surface area contributed by atoms with Crippen LogP contribution in [0.1, 0.15) is 33.4 Å². The fourth-order valence-electron chi connectivity index (χ4n) is 3.09. The number of aliphatic hydroxyl groups excluding tert-OH is 1. The van der Waals surface area contributed by atoms with Gasteiger partial charge in [-0.1, -0.05) is 0 Å². The second-order valence-electron chi connectivity index (χ2n) is 6.48. The molecule has 2 aromatic rings. The highest BCUT2D eigenvalue weighted by Crippen LogP contribution is 2.40. The van der Waals surface area contributed by atoms with E-state index >= 15 is 0 Å². The number of Topliss-reactive ketones (excluding diaryl/α,β-unsaturated/α-hetero) is 2. The van der Waals surface area contributed by atoms with Gasteiger partial charge >= 0.3 is 0 Å². The Labute approximate surface area is 153 Å². The van der Waals surface area contributed by atoms with E-state index in [2.05, 4.69) is 20.3 Å². The van der Waals surface area contributed by atoms with Crippen molar-refractivity contribution in [2.45, 2.75) is 51.2 Å². The molecule has 0 bridgehead atoms. The molecule has 0 saturated carbocycles. The number of hydrogen-bond donors (Lipinski definition) is 3. The number of amides is 1. The van der Waals surface area contributed by atoms with Crippen molar-refractivity contribution in [2.24, 2.45) is 0 Å². The van der Waals surface area contributed by atoms with E-state index in [4.69, 9.17) is 4.74 Å². The first kappa shape index (κ1) is 19.0. The van der Waals surface area contributed by atoms with Gasteiger partial charge in [0.2, 0.25) is 5.91 Å². The van der Waals surface area contributed by atoms with Gasteiger partial charge in [-0.15, -0.1) is 0 Å². The normalized spacial score (nSPS) is 26.1. The Hall–Kier alpha value is -2.76. The molecule has 0 spiro atoms. The van der Waals surface area contributed by atoms with Gasteiger partial charge in [-0.05, 0) is 13.8 Å². The Morgan fingerprint density at radius 2 is 2.00 bits per heavy atom. The van der Waals surface area contributed by atoms with Gasteiger partial charge in [0.1, 0.15) is 24.8 Å². The number of ether oxygens (including phenoxy) is 1. The van der Waals surface area contributed by atoms with Crippen LogP contribution in [-0.2, 0) is 19.1 Å². The summed E-state index contributed by atoms with van der Waals surface area (Å²) < 4.78 is 7.12. The summed E-state index contributed by atoms with van der Waals surface area (Å²) in [4.78, 5) is 47.1. The van der Waals surface area contributed by atoms with Gasteiger partial charge in [0, 0.05) is 13.3 Å². The highest BCUT2D eigenvalue weighted by Gasteiger charge is 2.55. The molecule has 1 aliphatic heterocycles. The van der Waals surface area contributed by atoms with Crippen LogP contribution in [0, 0.1) is 0 Å². The molecule has 144 valence electrons. The summed E-state index contributed by atoms with van der Waals surface area (Å²) in [7, 11) is 0.